The third-order valence-electron chi connectivity index (χ3n) is 5.04. The Morgan fingerprint density at radius 1 is 1.16 bits per heavy atom. The standard InChI is InChI=1S/C18H21F3N2O2/c19-18(20,21)14-7-5-12(6-8-14)10-22-17(25)13-9-16(24)23(11-13)15-3-1-2-4-15/h5-8,13,15H,1-4,9-11H2,(H,22,25)/t13-/m0/s1. The maximum absolute atomic E-state index is 12.5. The molecule has 1 heterocycles. The van der Waals surface area contributed by atoms with Crippen LogP contribution in [0.25, 0.3) is 0 Å². The van der Waals surface area contributed by atoms with Gasteiger partial charge in [0.2, 0.25) is 11.8 Å². The van der Waals surface area contributed by atoms with Crippen LogP contribution in [0.4, 0.5) is 13.2 Å². The van der Waals surface area contributed by atoms with Crippen molar-refractivity contribution in [2.24, 2.45) is 5.92 Å². The molecule has 1 saturated carbocycles. The van der Waals surface area contributed by atoms with E-state index in [0.717, 1.165) is 37.8 Å². The van der Waals surface area contributed by atoms with Crippen molar-refractivity contribution in [2.45, 2.75) is 50.9 Å². The van der Waals surface area contributed by atoms with Gasteiger partial charge in [-0.25, -0.2) is 0 Å². The smallest absolute Gasteiger partial charge is 0.352 e. The second-order valence-corrected chi connectivity index (χ2v) is 6.80. The second kappa shape index (κ2) is 7.06. The number of benzene rings is 1. The molecule has 0 spiro atoms. The molecule has 0 unspecified atom stereocenters. The molecule has 3 rings (SSSR count). The fourth-order valence-corrected chi connectivity index (χ4v) is 3.62. The molecule has 1 N–H and O–H groups in total. The summed E-state index contributed by atoms with van der Waals surface area (Å²) in [6.45, 7) is 0.605. The van der Waals surface area contributed by atoms with E-state index >= 15 is 0 Å². The molecule has 1 saturated heterocycles. The molecule has 7 heteroatoms. The van der Waals surface area contributed by atoms with E-state index in [1.165, 1.54) is 12.1 Å². The first-order valence-corrected chi connectivity index (χ1v) is 8.58. The molecule has 1 aliphatic heterocycles. The van der Waals surface area contributed by atoms with Gasteiger partial charge >= 0.3 is 6.18 Å². The summed E-state index contributed by atoms with van der Waals surface area (Å²) in [5.74, 6) is -0.558. The van der Waals surface area contributed by atoms with Crippen LogP contribution >= 0.6 is 0 Å². The highest BCUT2D eigenvalue weighted by Crippen LogP contribution is 2.30. The van der Waals surface area contributed by atoms with Crippen molar-refractivity contribution in [1.82, 2.24) is 10.2 Å². The minimum Gasteiger partial charge on any atom is -0.352 e. The van der Waals surface area contributed by atoms with E-state index in [2.05, 4.69) is 5.32 Å². The summed E-state index contributed by atoms with van der Waals surface area (Å²) >= 11 is 0. The summed E-state index contributed by atoms with van der Waals surface area (Å²) in [6, 6.07) is 4.98. The number of rotatable bonds is 4. The fourth-order valence-electron chi connectivity index (χ4n) is 3.62. The number of hydrogen-bond donors (Lipinski definition) is 1. The van der Waals surface area contributed by atoms with Crippen molar-refractivity contribution in [1.29, 1.82) is 0 Å². The first-order valence-electron chi connectivity index (χ1n) is 8.58. The van der Waals surface area contributed by atoms with Crippen molar-refractivity contribution in [3.05, 3.63) is 35.4 Å². The van der Waals surface area contributed by atoms with Gasteiger partial charge in [0.15, 0.2) is 0 Å². The van der Waals surface area contributed by atoms with Gasteiger partial charge in [0.05, 0.1) is 11.5 Å². The lowest BCUT2D eigenvalue weighted by atomic mass is 10.1. The molecule has 0 radical (unpaired) electrons. The molecule has 0 aromatic heterocycles. The molecule has 1 aliphatic carbocycles. The molecular formula is C18H21F3N2O2. The maximum Gasteiger partial charge on any atom is 0.416 e. The van der Waals surface area contributed by atoms with Crippen LogP contribution in [0.1, 0.15) is 43.2 Å². The Morgan fingerprint density at radius 2 is 1.80 bits per heavy atom. The number of hydrogen-bond acceptors (Lipinski definition) is 2. The van der Waals surface area contributed by atoms with Crippen molar-refractivity contribution < 1.29 is 22.8 Å². The molecule has 25 heavy (non-hydrogen) atoms. The predicted molar refractivity (Wildman–Crippen MR) is 85.4 cm³/mol. The largest absolute Gasteiger partial charge is 0.416 e. The summed E-state index contributed by atoms with van der Waals surface area (Å²) in [5, 5.41) is 2.73. The molecule has 4 nitrogen and oxygen atoms in total. The van der Waals surface area contributed by atoms with E-state index in [4.69, 9.17) is 0 Å². The van der Waals surface area contributed by atoms with Crippen LogP contribution in [0.15, 0.2) is 24.3 Å². The normalized spacial score (nSPS) is 21.8. The van der Waals surface area contributed by atoms with Crippen molar-refractivity contribution >= 4 is 11.8 Å². The van der Waals surface area contributed by atoms with Gasteiger partial charge < -0.3 is 10.2 Å². The van der Waals surface area contributed by atoms with Gasteiger partial charge in [0.25, 0.3) is 0 Å². The van der Waals surface area contributed by atoms with Crippen LogP contribution < -0.4 is 5.32 Å². The number of halogens is 3. The zero-order valence-corrected chi connectivity index (χ0v) is 13.8. The van der Waals surface area contributed by atoms with Crippen LogP contribution in [-0.2, 0) is 22.3 Å². The zero-order valence-electron chi connectivity index (χ0n) is 13.8. The highest BCUT2D eigenvalue weighted by molar-refractivity contribution is 5.89. The minimum atomic E-state index is -4.37. The monoisotopic (exact) mass is 354 g/mol. The lowest BCUT2D eigenvalue weighted by Crippen LogP contribution is -2.36. The summed E-state index contributed by atoms with van der Waals surface area (Å²) in [6.07, 6.45) is 0.112. The lowest BCUT2D eigenvalue weighted by molar-refractivity contribution is -0.137. The number of nitrogens with one attached hydrogen (secondary N) is 1. The number of amides is 2. The predicted octanol–water partition coefficient (Wildman–Crippen LogP) is 3.11. The van der Waals surface area contributed by atoms with E-state index < -0.39 is 11.7 Å². The number of alkyl halides is 3. The van der Waals surface area contributed by atoms with E-state index in [-0.39, 0.29) is 36.7 Å². The van der Waals surface area contributed by atoms with Crippen LogP contribution in [0.5, 0.6) is 0 Å². The molecule has 1 atom stereocenters. The Bertz CT molecular complexity index is 637. The van der Waals surface area contributed by atoms with Crippen LogP contribution in [0.3, 0.4) is 0 Å². The van der Waals surface area contributed by atoms with Gasteiger partial charge in [0.1, 0.15) is 0 Å². The maximum atomic E-state index is 12.5. The highest BCUT2D eigenvalue weighted by Gasteiger charge is 2.38. The Balaban J connectivity index is 1.52. The average Bonchev–Trinajstić information content (AvgIpc) is 3.21. The zero-order chi connectivity index (χ0) is 18.0. The molecule has 136 valence electrons. The Labute approximate surface area is 144 Å². The average molecular weight is 354 g/mol. The van der Waals surface area contributed by atoms with Crippen LogP contribution in [0, 0.1) is 5.92 Å². The molecule has 2 amide bonds. The van der Waals surface area contributed by atoms with Gasteiger partial charge in [-0.05, 0) is 30.5 Å². The topological polar surface area (TPSA) is 49.4 Å². The Hall–Kier alpha value is -2.05. The first kappa shape index (κ1) is 17.8. The van der Waals surface area contributed by atoms with Crippen LogP contribution in [-0.4, -0.2) is 29.3 Å². The molecule has 1 aromatic rings. The van der Waals surface area contributed by atoms with E-state index in [0.29, 0.717) is 12.1 Å². The molecule has 0 bridgehead atoms. The SMILES string of the molecule is O=C(NCc1ccc(C(F)(F)F)cc1)[C@H]1CC(=O)N(C2CCCC2)C1. The summed E-state index contributed by atoms with van der Waals surface area (Å²) in [7, 11) is 0. The molecule has 1 aromatic carbocycles. The van der Waals surface area contributed by atoms with Gasteiger partial charge in [-0.15, -0.1) is 0 Å². The van der Waals surface area contributed by atoms with E-state index in [1.807, 2.05) is 4.90 Å². The van der Waals surface area contributed by atoms with Crippen molar-refractivity contribution in [3.63, 3.8) is 0 Å². The highest BCUT2D eigenvalue weighted by atomic mass is 19.4. The quantitative estimate of drug-likeness (QED) is 0.903. The molecule has 2 aliphatic rings. The number of carbonyl (C=O) groups excluding carboxylic acids is 2. The molecule has 2 fully saturated rings. The van der Waals surface area contributed by atoms with Crippen LogP contribution in [0.2, 0.25) is 0 Å². The van der Waals surface area contributed by atoms with Crippen molar-refractivity contribution in [3.8, 4) is 0 Å². The second-order valence-electron chi connectivity index (χ2n) is 6.80. The number of carbonyl (C=O) groups is 2. The van der Waals surface area contributed by atoms with E-state index in [9.17, 15) is 22.8 Å². The van der Waals surface area contributed by atoms with Gasteiger partial charge in [0, 0.05) is 25.6 Å². The third kappa shape index (κ3) is 4.14. The number of likely N-dealkylation sites (tertiary alicyclic amines) is 1. The lowest BCUT2D eigenvalue weighted by Gasteiger charge is -2.23. The Kier molecular flexibility index (Phi) is 5.01. The minimum absolute atomic E-state index is 0.0292. The van der Waals surface area contributed by atoms with Gasteiger partial charge in [-0.1, -0.05) is 25.0 Å². The summed E-state index contributed by atoms with van der Waals surface area (Å²) in [5.41, 5.74) is -0.116. The summed E-state index contributed by atoms with van der Waals surface area (Å²) in [4.78, 5) is 26.2. The number of nitrogens with zero attached hydrogens (tertiary/aromatic N) is 1. The van der Waals surface area contributed by atoms with Gasteiger partial charge in [-0.2, -0.15) is 13.2 Å². The van der Waals surface area contributed by atoms with Gasteiger partial charge in [-0.3, -0.25) is 9.59 Å². The third-order valence-corrected chi connectivity index (χ3v) is 5.04. The van der Waals surface area contributed by atoms with Crippen molar-refractivity contribution in [2.75, 3.05) is 6.54 Å². The summed E-state index contributed by atoms with van der Waals surface area (Å²) < 4.78 is 37.6. The fraction of sp³-hybridized carbons (Fsp3) is 0.556. The first-order chi connectivity index (χ1) is 11.8. The Morgan fingerprint density at radius 3 is 2.40 bits per heavy atom. The van der Waals surface area contributed by atoms with E-state index in [1.54, 1.807) is 0 Å². The molecular weight excluding hydrogens is 333 g/mol.